The molecule has 1 unspecified atom stereocenters. The lowest BCUT2D eigenvalue weighted by Crippen LogP contribution is -2.51. The van der Waals surface area contributed by atoms with Gasteiger partial charge in [0.25, 0.3) is 0 Å². The molecule has 4 atom stereocenters. The van der Waals surface area contributed by atoms with Crippen molar-refractivity contribution in [1.29, 1.82) is 0 Å². The second-order valence-corrected chi connectivity index (χ2v) is 27.9. The summed E-state index contributed by atoms with van der Waals surface area (Å²) in [4.78, 5) is 116. The number of carbonyl (C=O) groups is 7. The van der Waals surface area contributed by atoms with Crippen molar-refractivity contribution in [1.82, 2.24) is 55.3 Å². The van der Waals surface area contributed by atoms with Crippen LogP contribution in [0.2, 0.25) is 0 Å². The number of alkyl carbamates (subject to hydrolysis) is 2. The van der Waals surface area contributed by atoms with Crippen LogP contribution >= 0.6 is 88.5 Å². The van der Waals surface area contributed by atoms with Crippen LogP contribution in [0.3, 0.4) is 0 Å². The Hall–Kier alpha value is -7.84. The Morgan fingerprint density at radius 3 is 1.50 bits per heavy atom. The number of nitrogens with one attached hydrogen (secondary N) is 7. The van der Waals surface area contributed by atoms with Gasteiger partial charge in [0.05, 0.1) is 115 Å². The van der Waals surface area contributed by atoms with E-state index in [0.717, 1.165) is 114 Å². The van der Waals surface area contributed by atoms with Crippen molar-refractivity contribution in [2.45, 2.75) is 85.0 Å². The summed E-state index contributed by atoms with van der Waals surface area (Å²) < 4.78 is 30.0. The molecule has 2 fully saturated rings. The molecular formula is C65H70Br2IN11O12S3. The van der Waals surface area contributed by atoms with Gasteiger partial charge in [0.15, 0.2) is 0 Å². The maximum atomic E-state index is 13.7. The third kappa shape index (κ3) is 14.7. The number of carbonyl (C=O) groups excluding carboxylic acids is 7. The Labute approximate surface area is 583 Å². The van der Waals surface area contributed by atoms with Crippen molar-refractivity contribution >= 4 is 161 Å². The van der Waals surface area contributed by atoms with Crippen LogP contribution in [0.4, 0.5) is 9.59 Å². The maximum Gasteiger partial charge on any atom is 0.407 e. The number of aromatic nitrogens is 7. The number of nitrogens with zero attached hydrogens (tertiary/aromatic N) is 4. The SMILES string of the molecule is C.COC(=O)NC(C(=O)N1CCC[C@H]1c1ncc(-c2ccc(-c3csc4c(-c5ccc(-c6cnc([C@@H]7CCCN7C(=O)[C@@H](NC(=O)OC)C(C)C)[nH]6)cc5)c(C(=O)OC)[nH]c34)cc2)[nH]1)C(C)C.COC(=O)c1[nH]c2c(Br)csc2c1I.COC(=O)c1cc2scc(Br)c2[nH]1. The average Bonchev–Trinajstić information content (AvgIpc) is 1.60. The molecule has 7 N–H and O–H groups in total. The van der Waals surface area contributed by atoms with Crippen LogP contribution in [0.1, 0.15) is 116 Å². The van der Waals surface area contributed by atoms with E-state index in [0.29, 0.717) is 41.8 Å². The second kappa shape index (κ2) is 30.7. The third-order valence-corrected chi connectivity index (χ3v) is 22.3. The number of fused-ring (bicyclic) bond motifs is 3. The molecule has 0 bridgehead atoms. The fourth-order valence-electron chi connectivity index (χ4n) is 11.3. The van der Waals surface area contributed by atoms with Gasteiger partial charge in [-0.3, -0.25) is 9.59 Å². The minimum atomic E-state index is -0.726. The zero-order valence-corrected chi connectivity index (χ0v) is 59.6. The molecule has 2 aliphatic rings. The molecule has 10 aromatic rings. The number of aromatic amines is 5. The molecule has 4 amide bonds. The third-order valence-electron chi connectivity index (χ3n) is 16.1. The number of esters is 3. The molecule has 94 heavy (non-hydrogen) atoms. The van der Waals surface area contributed by atoms with Gasteiger partial charge in [-0.1, -0.05) is 83.7 Å². The van der Waals surface area contributed by atoms with Crippen molar-refractivity contribution in [3.8, 4) is 44.8 Å². The first kappa shape index (κ1) is 70.5. The number of thiophene rings is 3. The van der Waals surface area contributed by atoms with Gasteiger partial charge in [0, 0.05) is 40.4 Å². The number of imidazole rings is 2. The predicted octanol–water partition coefficient (Wildman–Crippen LogP) is 15.0. The number of H-pyrrole nitrogens is 5. The Kier molecular flexibility index (Phi) is 23.0. The number of likely N-dealkylation sites (tertiary alicyclic amines) is 2. The monoisotopic (exact) mass is 1580 g/mol. The van der Waals surface area contributed by atoms with Gasteiger partial charge < -0.3 is 69.0 Å². The first-order valence-electron chi connectivity index (χ1n) is 29.4. The number of hydrogen-bond donors (Lipinski definition) is 7. The molecule has 496 valence electrons. The normalized spacial score (nSPS) is 15.0. The standard InChI is InChI=1S/C48H55N9O8S.C8H5BrINO2S.C8H6BrNO2S.CH4/c1-25(2)37(54-47(61)64-6)44(58)56-20-8-10-34(56)42-49-22-32(51-42)28-14-12-27(13-15-28)31-24-66-41-36(40(46(60)63-5)53-39(31)41)30-18-16-29(17-19-30)33-23-50-43(52-33)35-11-9-21-57(35)45(59)38(26(3)4)55-48(62)65-7;1-13-8(12)6-4(10)7-5(11-6)3(9)2-14-7;1-12-8(11)5-2-6-7(10-5)4(9)3-13-6;/h12-19,22-26,34-35,37-38,53H,8-11,20-21H2,1-7H3,(H,49,51)(H,50,52)(H,54,61)(H,55,62);2,11H,1H3;2-3,10H,1H3;1H4/t34-,35-,37?,38-;;;/m0.../s1. The number of methoxy groups -OCH3 is 5. The summed E-state index contributed by atoms with van der Waals surface area (Å²) in [6.07, 6.45) is 5.37. The lowest BCUT2D eigenvalue weighted by Gasteiger charge is -2.30. The Morgan fingerprint density at radius 1 is 0.564 bits per heavy atom. The van der Waals surface area contributed by atoms with Crippen molar-refractivity contribution in [2.75, 3.05) is 48.6 Å². The van der Waals surface area contributed by atoms with Gasteiger partial charge in [-0.05, 0) is 120 Å². The summed E-state index contributed by atoms with van der Waals surface area (Å²) in [5.41, 5.74) is 10.9. The number of benzene rings is 2. The Balaban J connectivity index is 0.000000303. The van der Waals surface area contributed by atoms with Crippen LogP contribution in [-0.2, 0) is 33.3 Å². The van der Waals surface area contributed by atoms with Crippen LogP contribution < -0.4 is 10.6 Å². The fraction of sp³-hybridized carbons (Fsp3) is 0.338. The van der Waals surface area contributed by atoms with Crippen LogP contribution in [0.5, 0.6) is 0 Å². The average molecular weight is 1580 g/mol. The van der Waals surface area contributed by atoms with E-state index in [9.17, 15) is 33.6 Å². The summed E-state index contributed by atoms with van der Waals surface area (Å²) in [7, 11) is 6.67. The summed E-state index contributed by atoms with van der Waals surface area (Å²) >= 11 is 13.6. The lowest BCUT2D eigenvalue weighted by molar-refractivity contribution is -0.136. The van der Waals surface area contributed by atoms with Crippen molar-refractivity contribution in [3.63, 3.8) is 0 Å². The van der Waals surface area contributed by atoms with E-state index in [1.807, 2.05) is 87.0 Å². The van der Waals surface area contributed by atoms with Crippen molar-refractivity contribution in [3.05, 3.63) is 124 Å². The molecule has 2 saturated heterocycles. The van der Waals surface area contributed by atoms with Gasteiger partial charge in [-0.15, -0.1) is 34.0 Å². The first-order chi connectivity index (χ1) is 44.7. The Morgan fingerprint density at radius 2 is 1.02 bits per heavy atom. The molecule has 29 heteroatoms. The zero-order chi connectivity index (χ0) is 66.5. The van der Waals surface area contributed by atoms with Gasteiger partial charge >= 0.3 is 30.1 Å². The molecule has 10 heterocycles. The molecule has 0 spiro atoms. The molecular weight excluding hydrogens is 1510 g/mol. The molecule has 12 rings (SSSR count). The molecule has 2 aromatic carbocycles. The number of amides is 4. The highest BCUT2D eigenvalue weighted by molar-refractivity contribution is 14.1. The molecule has 0 aliphatic carbocycles. The molecule has 0 saturated carbocycles. The van der Waals surface area contributed by atoms with Gasteiger partial charge in [0.1, 0.15) is 40.8 Å². The summed E-state index contributed by atoms with van der Waals surface area (Å²) in [5.74, 6) is -0.394. The smallest absolute Gasteiger partial charge is 0.407 e. The number of ether oxygens (including phenoxy) is 5. The van der Waals surface area contributed by atoms with Crippen LogP contribution in [-0.4, -0.2) is 147 Å². The highest BCUT2D eigenvalue weighted by Gasteiger charge is 2.39. The van der Waals surface area contributed by atoms with Gasteiger partial charge in [-0.25, -0.2) is 33.9 Å². The van der Waals surface area contributed by atoms with E-state index < -0.39 is 30.2 Å². The molecule has 8 aromatic heterocycles. The topological polar surface area (TPSA) is 301 Å². The lowest BCUT2D eigenvalue weighted by atomic mass is 10.0. The van der Waals surface area contributed by atoms with E-state index >= 15 is 0 Å². The van der Waals surface area contributed by atoms with Crippen molar-refractivity contribution < 1.29 is 57.2 Å². The maximum absolute atomic E-state index is 13.7. The number of halogens is 3. The Bertz CT molecular complexity index is 4390. The highest BCUT2D eigenvalue weighted by atomic mass is 127. The van der Waals surface area contributed by atoms with Crippen molar-refractivity contribution in [2.24, 2.45) is 11.8 Å². The molecule has 0 radical (unpaired) electrons. The van der Waals surface area contributed by atoms with Crippen LogP contribution in [0, 0.1) is 15.4 Å². The summed E-state index contributed by atoms with van der Waals surface area (Å²) in [6, 6.07) is 15.8. The number of rotatable bonds is 15. The zero-order valence-electron chi connectivity index (χ0n) is 51.8. The van der Waals surface area contributed by atoms with Crippen LogP contribution in [0.25, 0.3) is 75.4 Å². The minimum absolute atomic E-state index is 0. The predicted molar refractivity (Wildman–Crippen MR) is 379 cm³/mol. The van der Waals surface area contributed by atoms with E-state index in [-0.39, 0.29) is 55.1 Å². The van der Waals surface area contributed by atoms with E-state index in [4.69, 9.17) is 24.2 Å². The fourth-order valence-corrected chi connectivity index (χ4v) is 16.5. The van der Waals surface area contributed by atoms with E-state index in [2.05, 4.69) is 105 Å². The van der Waals surface area contributed by atoms with Gasteiger partial charge in [-0.2, -0.15) is 0 Å². The number of hydrogen-bond acceptors (Lipinski definition) is 17. The largest absolute Gasteiger partial charge is 0.464 e. The molecule has 2 aliphatic heterocycles. The minimum Gasteiger partial charge on any atom is -0.464 e. The van der Waals surface area contributed by atoms with E-state index in [1.165, 1.54) is 46.9 Å². The van der Waals surface area contributed by atoms with Crippen LogP contribution in [0.15, 0.2) is 92.1 Å². The quantitative estimate of drug-likeness (QED) is 0.0285. The first-order valence-corrected chi connectivity index (χ1v) is 34.7. The molecule has 23 nitrogen and oxygen atoms in total. The van der Waals surface area contributed by atoms with Gasteiger partial charge in [0.2, 0.25) is 11.8 Å². The summed E-state index contributed by atoms with van der Waals surface area (Å²) in [6.45, 7) is 8.67. The second-order valence-electron chi connectivity index (χ2n) is 22.4. The highest BCUT2D eigenvalue weighted by Crippen LogP contribution is 2.44. The summed E-state index contributed by atoms with van der Waals surface area (Å²) in [5, 5.41) is 11.4. The van der Waals surface area contributed by atoms with E-state index in [1.54, 1.807) is 50.9 Å².